The highest BCUT2D eigenvalue weighted by Gasteiger charge is 2.20. The van der Waals surface area contributed by atoms with Gasteiger partial charge < -0.3 is 5.32 Å². The average molecular weight is 341 g/mol. The highest BCUT2D eigenvalue weighted by atomic mass is 32.1. The molecule has 0 saturated heterocycles. The Bertz CT molecular complexity index is 816. The van der Waals surface area contributed by atoms with Crippen LogP contribution in [0, 0.1) is 0 Å². The Morgan fingerprint density at radius 1 is 1.25 bits per heavy atom. The molecule has 0 aliphatic rings. The molecule has 3 heterocycles. The number of nitrogens with one attached hydrogen (secondary N) is 1. The van der Waals surface area contributed by atoms with Crippen LogP contribution in [0.2, 0.25) is 0 Å². The van der Waals surface area contributed by atoms with Crippen LogP contribution in [0.3, 0.4) is 0 Å². The number of aromatic nitrogens is 4. The predicted octanol–water partition coefficient (Wildman–Crippen LogP) is 2.95. The summed E-state index contributed by atoms with van der Waals surface area (Å²) >= 11 is 1.43. The van der Waals surface area contributed by atoms with Crippen molar-refractivity contribution in [3.05, 3.63) is 58.7 Å². The second-order valence-corrected chi connectivity index (χ2v) is 7.49. The summed E-state index contributed by atoms with van der Waals surface area (Å²) < 4.78 is 1.83. The summed E-state index contributed by atoms with van der Waals surface area (Å²) in [4.78, 5) is 25.6. The minimum absolute atomic E-state index is 0.0454. The molecule has 124 valence electrons. The fourth-order valence-electron chi connectivity index (χ4n) is 2.06. The van der Waals surface area contributed by atoms with Gasteiger partial charge in [0.1, 0.15) is 17.0 Å². The second-order valence-electron chi connectivity index (χ2n) is 6.46. The van der Waals surface area contributed by atoms with Gasteiger partial charge >= 0.3 is 0 Å². The highest BCUT2D eigenvalue weighted by molar-refractivity contribution is 7.13. The summed E-state index contributed by atoms with van der Waals surface area (Å²) in [6, 6.07) is 3.84. The van der Waals surface area contributed by atoms with Gasteiger partial charge in [0.15, 0.2) is 0 Å². The molecule has 6 nitrogen and oxygen atoms in total. The first kappa shape index (κ1) is 16.3. The summed E-state index contributed by atoms with van der Waals surface area (Å²) in [5.74, 6) is 0.682. The summed E-state index contributed by atoms with van der Waals surface area (Å²) in [5.41, 5.74) is 0.892. The largest absolute Gasteiger partial charge is 0.347 e. The molecule has 0 atom stereocenters. The molecule has 0 bridgehead atoms. The third-order valence-electron chi connectivity index (χ3n) is 3.40. The Morgan fingerprint density at radius 3 is 2.67 bits per heavy atom. The minimum Gasteiger partial charge on any atom is -0.347 e. The molecule has 0 unspecified atom stereocenters. The number of hydrogen-bond acceptors (Lipinski definition) is 5. The second kappa shape index (κ2) is 6.52. The van der Waals surface area contributed by atoms with Crippen molar-refractivity contribution >= 4 is 17.2 Å². The molecule has 0 aliphatic carbocycles. The van der Waals surface area contributed by atoms with Crippen LogP contribution in [0.5, 0.6) is 0 Å². The third-order valence-corrected chi connectivity index (χ3v) is 4.82. The van der Waals surface area contributed by atoms with Crippen LogP contribution in [0.4, 0.5) is 0 Å². The van der Waals surface area contributed by atoms with Crippen LogP contribution < -0.4 is 5.32 Å². The third kappa shape index (κ3) is 3.68. The van der Waals surface area contributed by atoms with E-state index in [2.05, 4.69) is 41.0 Å². The molecule has 3 aromatic rings. The van der Waals surface area contributed by atoms with Gasteiger partial charge in [0.2, 0.25) is 0 Å². The summed E-state index contributed by atoms with van der Waals surface area (Å²) in [6.45, 7) is 6.68. The number of imidazole rings is 1. The number of carbonyl (C=O) groups excluding carboxylic acids is 1. The number of thiazole rings is 1. The van der Waals surface area contributed by atoms with Gasteiger partial charge in [-0.1, -0.05) is 26.8 Å². The number of pyridine rings is 1. The summed E-state index contributed by atoms with van der Waals surface area (Å²) in [5, 5.41) is 3.86. The average Bonchev–Trinajstić information content (AvgIpc) is 3.23. The van der Waals surface area contributed by atoms with Crippen LogP contribution in [-0.4, -0.2) is 25.4 Å². The molecule has 1 amide bonds. The number of carbonyl (C=O) groups is 1. The molecule has 24 heavy (non-hydrogen) atoms. The van der Waals surface area contributed by atoms with Crippen LogP contribution >= 0.6 is 11.3 Å². The number of nitrogens with zero attached hydrogens (tertiary/aromatic N) is 4. The van der Waals surface area contributed by atoms with Gasteiger partial charge in [0.25, 0.3) is 5.91 Å². The Balaban J connectivity index is 1.61. The van der Waals surface area contributed by atoms with Gasteiger partial charge in [0.05, 0.1) is 11.2 Å². The maximum atomic E-state index is 12.2. The van der Waals surface area contributed by atoms with Crippen molar-refractivity contribution in [3.8, 4) is 5.82 Å². The topological polar surface area (TPSA) is 72.7 Å². The van der Waals surface area contributed by atoms with E-state index < -0.39 is 0 Å². The zero-order valence-corrected chi connectivity index (χ0v) is 14.7. The van der Waals surface area contributed by atoms with Crippen LogP contribution in [0.15, 0.2) is 43.2 Å². The Morgan fingerprint density at radius 2 is 2.08 bits per heavy atom. The Hall–Kier alpha value is -2.54. The maximum Gasteiger partial charge on any atom is 0.263 e. The Labute approximate surface area is 144 Å². The van der Waals surface area contributed by atoms with E-state index in [4.69, 9.17) is 0 Å². The molecule has 0 aromatic carbocycles. The van der Waals surface area contributed by atoms with Gasteiger partial charge in [-0.15, -0.1) is 11.3 Å². The molecular weight excluding hydrogens is 322 g/mol. The van der Waals surface area contributed by atoms with Crippen molar-refractivity contribution in [1.29, 1.82) is 0 Å². The van der Waals surface area contributed by atoms with E-state index in [-0.39, 0.29) is 11.3 Å². The predicted molar refractivity (Wildman–Crippen MR) is 93.3 cm³/mol. The minimum atomic E-state index is -0.110. The van der Waals surface area contributed by atoms with Crippen molar-refractivity contribution in [2.75, 3.05) is 0 Å². The molecule has 0 spiro atoms. The molecule has 0 aliphatic heterocycles. The first-order valence-corrected chi connectivity index (χ1v) is 8.43. The van der Waals surface area contributed by atoms with Crippen molar-refractivity contribution in [2.45, 2.75) is 32.7 Å². The van der Waals surface area contributed by atoms with E-state index in [0.29, 0.717) is 11.4 Å². The first-order valence-electron chi connectivity index (χ1n) is 7.61. The standard InChI is InChI=1S/C17H19N5OS/c1-17(2,3)16-21-10-13(24-16)15(23)20-9-12-4-5-14(19-8-12)22-7-6-18-11-22/h4-8,10-11H,9H2,1-3H3,(H,20,23). The van der Waals surface area contributed by atoms with E-state index in [0.717, 1.165) is 16.4 Å². The molecule has 3 rings (SSSR count). The van der Waals surface area contributed by atoms with Gasteiger partial charge in [-0.25, -0.2) is 15.0 Å². The quantitative estimate of drug-likeness (QED) is 0.792. The molecular formula is C17H19N5OS. The summed E-state index contributed by atoms with van der Waals surface area (Å²) in [7, 11) is 0. The summed E-state index contributed by atoms with van der Waals surface area (Å²) in [6.07, 6.45) is 8.63. The van der Waals surface area contributed by atoms with Crippen LogP contribution in [0.1, 0.15) is 41.0 Å². The maximum absolute atomic E-state index is 12.2. The molecule has 7 heteroatoms. The van der Waals surface area contributed by atoms with Crippen molar-refractivity contribution in [1.82, 2.24) is 24.8 Å². The Kier molecular flexibility index (Phi) is 4.44. The zero-order valence-electron chi connectivity index (χ0n) is 13.9. The van der Waals surface area contributed by atoms with Gasteiger partial charge in [-0.3, -0.25) is 9.36 Å². The molecule has 0 fully saturated rings. The fourth-order valence-corrected chi connectivity index (χ4v) is 2.95. The van der Waals surface area contributed by atoms with Crippen molar-refractivity contribution in [3.63, 3.8) is 0 Å². The van der Waals surface area contributed by atoms with E-state index in [9.17, 15) is 4.79 Å². The lowest BCUT2D eigenvalue weighted by Crippen LogP contribution is -2.22. The van der Waals surface area contributed by atoms with E-state index in [1.165, 1.54) is 11.3 Å². The number of rotatable bonds is 4. The SMILES string of the molecule is CC(C)(C)c1ncc(C(=O)NCc2ccc(-n3ccnc3)nc2)s1. The van der Waals surface area contributed by atoms with E-state index in [1.807, 2.05) is 22.9 Å². The first-order chi connectivity index (χ1) is 11.4. The van der Waals surface area contributed by atoms with Crippen LogP contribution in [-0.2, 0) is 12.0 Å². The van der Waals surface area contributed by atoms with Gasteiger partial charge in [-0.05, 0) is 11.6 Å². The zero-order chi connectivity index (χ0) is 17.2. The molecule has 0 saturated carbocycles. The lowest BCUT2D eigenvalue weighted by Gasteiger charge is -2.13. The van der Waals surface area contributed by atoms with Crippen LogP contribution in [0.25, 0.3) is 5.82 Å². The molecule has 3 aromatic heterocycles. The lowest BCUT2D eigenvalue weighted by atomic mass is 9.98. The van der Waals surface area contributed by atoms with E-state index in [1.54, 1.807) is 24.9 Å². The monoisotopic (exact) mass is 341 g/mol. The van der Waals surface area contributed by atoms with Crippen molar-refractivity contribution in [2.24, 2.45) is 0 Å². The van der Waals surface area contributed by atoms with Gasteiger partial charge in [0, 0.05) is 30.6 Å². The molecule has 0 radical (unpaired) electrons. The lowest BCUT2D eigenvalue weighted by molar-refractivity contribution is 0.0954. The fraction of sp³-hybridized carbons (Fsp3) is 0.294. The normalized spacial score (nSPS) is 11.5. The number of amides is 1. The van der Waals surface area contributed by atoms with Crippen molar-refractivity contribution < 1.29 is 4.79 Å². The smallest absolute Gasteiger partial charge is 0.263 e. The van der Waals surface area contributed by atoms with Gasteiger partial charge in [-0.2, -0.15) is 0 Å². The number of hydrogen-bond donors (Lipinski definition) is 1. The van der Waals surface area contributed by atoms with E-state index >= 15 is 0 Å². The molecule has 1 N–H and O–H groups in total. The highest BCUT2D eigenvalue weighted by Crippen LogP contribution is 2.26.